The predicted molar refractivity (Wildman–Crippen MR) is 91.3 cm³/mol. The molecular formula is C18H20F2N4O. The Morgan fingerprint density at radius 3 is 2.56 bits per heavy atom. The van der Waals surface area contributed by atoms with Crippen molar-refractivity contribution in [3.05, 3.63) is 47.8 Å². The number of halogens is 2. The molecule has 1 aliphatic rings. The van der Waals surface area contributed by atoms with Crippen LogP contribution < -0.4 is 10.2 Å². The van der Waals surface area contributed by atoms with E-state index in [9.17, 15) is 13.6 Å². The van der Waals surface area contributed by atoms with Gasteiger partial charge >= 0.3 is 0 Å². The largest absolute Gasteiger partial charge is 0.341 e. The molecule has 0 atom stereocenters. The fourth-order valence-corrected chi connectivity index (χ4v) is 2.80. The lowest BCUT2D eigenvalue weighted by atomic mass is 10.00. The van der Waals surface area contributed by atoms with Crippen LogP contribution in [0.4, 0.5) is 20.4 Å². The maximum Gasteiger partial charge on any atom is 0.228 e. The molecule has 1 saturated heterocycles. The number of amides is 1. The van der Waals surface area contributed by atoms with E-state index in [4.69, 9.17) is 0 Å². The van der Waals surface area contributed by atoms with E-state index in [0.29, 0.717) is 11.6 Å². The van der Waals surface area contributed by atoms with Gasteiger partial charge in [-0.05, 0) is 30.4 Å². The molecule has 25 heavy (non-hydrogen) atoms. The molecule has 2 aromatic rings. The summed E-state index contributed by atoms with van der Waals surface area (Å²) in [4.78, 5) is 22.7. The zero-order valence-corrected chi connectivity index (χ0v) is 14.0. The second kappa shape index (κ2) is 7.55. The molecule has 1 fully saturated rings. The monoisotopic (exact) mass is 346 g/mol. The van der Waals surface area contributed by atoms with Gasteiger partial charge in [0.1, 0.15) is 11.6 Å². The van der Waals surface area contributed by atoms with Gasteiger partial charge in [-0.15, -0.1) is 0 Å². The first-order chi connectivity index (χ1) is 12.0. The van der Waals surface area contributed by atoms with Crippen molar-refractivity contribution in [3.63, 3.8) is 0 Å². The van der Waals surface area contributed by atoms with Crippen molar-refractivity contribution >= 4 is 17.5 Å². The van der Waals surface area contributed by atoms with E-state index in [0.717, 1.165) is 44.0 Å². The van der Waals surface area contributed by atoms with Crippen LogP contribution in [0.15, 0.2) is 30.6 Å². The van der Waals surface area contributed by atoms with E-state index < -0.39 is 17.5 Å². The van der Waals surface area contributed by atoms with Gasteiger partial charge in [-0.3, -0.25) is 4.79 Å². The zero-order chi connectivity index (χ0) is 17.8. The lowest BCUT2D eigenvalue weighted by Gasteiger charge is -2.30. The van der Waals surface area contributed by atoms with Crippen LogP contribution in [0.1, 0.15) is 25.3 Å². The highest BCUT2D eigenvalue weighted by atomic mass is 19.1. The Morgan fingerprint density at radius 2 is 1.92 bits per heavy atom. The van der Waals surface area contributed by atoms with Gasteiger partial charge in [-0.25, -0.2) is 18.7 Å². The smallest absolute Gasteiger partial charge is 0.228 e. The Bertz CT molecular complexity index is 743. The molecule has 1 aliphatic heterocycles. The maximum absolute atomic E-state index is 13.6. The number of rotatable bonds is 4. The van der Waals surface area contributed by atoms with E-state index >= 15 is 0 Å². The van der Waals surface area contributed by atoms with Gasteiger partial charge in [0.05, 0.1) is 24.5 Å². The maximum atomic E-state index is 13.6. The normalized spacial score (nSPS) is 15.2. The second-order valence-corrected chi connectivity index (χ2v) is 6.40. The molecule has 1 N–H and O–H groups in total. The number of hydrogen-bond acceptors (Lipinski definition) is 4. The van der Waals surface area contributed by atoms with Gasteiger partial charge in [-0.2, -0.15) is 0 Å². The Kier molecular flexibility index (Phi) is 5.21. The summed E-state index contributed by atoms with van der Waals surface area (Å²) < 4.78 is 26.5. The van der Waals surface area contributed by atoms with E-state index in [1.807, 2.05) is 0 Å². The summed E-state index contributed by atoms with van der Waals surface area (Å²) in [6, 6.07) is 3.16. The number of aromatic nitrogens is 2. The molecule has 0 saturated carbocycles. The van der Waals surface area contributed by atoms with Crippen molar-refractivity contribution in [1.82, 2.24) is 9.97 Å². The van der Waals surface area contributed by atoms with Crippen molar-refractivity contribution in [2.75, 3.05) is 23.3 Å². The molecule has 0 aliphatic carbocycles. The van der Waals surface area contributed by atoms with Crippen LogP contribution in [-0.2, 0) is 11.2 Å². The third-order valence-corrected chi connectivity index (χ3v) is 4.35. The van der Waals surface area contributed by atoms with Crippen LogP contribution in [0.5, 0.6) is 0 Å². The lowest BCUT2D eigenvalue weighted by Crippen LogP contribution is -2.34. The fraction of sp³-hybridized carbons (Fsp3) is 0.389. The van der Waals surface area contributed by atoms with E-state index in [2.05, 4.69) is 27.1 Å². The van der Waals surface area contributed by atoms with Crippen molar-refractivity contribution in [1.29, 1.82) is 0 Å². The molecule has 132 valence electrons. The number of nitrogens with zero attached hydrogens (tertiary/aromatic N) is 3. The molecule has 3 rings (SSSR count). The van der Waals surface area contributed by atoms with Crippen molar-refractivity contribution in [3.8, 4) is 0 Å². The number of anilines is 2. The third-order valence-electron chi connectivity index (χ3n) is 4.35. The average molecular weight is 346 g/mol. The highest BCUT2D eigenvalue weighted by molar-refractivity contribution is 5.92. The summed E-state index contributed by atoms with van der Waals surface area (Å²) in [5.41, 5.74) is 0.584. The molecule has 1 aromatic heterocycles. The van der Waals surface area contributed by atoms with Crippen molar-refractivity contribution in [2.24, 2.45) is 5.92 Å². The lowest BCUT2D eigenvalue weighted by molar-refractivity contribution is -0.115. The Balaban J connectivity index is 1.58. The summed E-state index contributed by atoms with van der Waals surface area (Å²) in [5, 5.41) is 2.63. The van der Waals surface area contributed by atoms with Gasteiger partial charge < -0.3 is 10.2 Å². The van der Waals surface area contributed by atoms with Crippen LogP contribution in [0.3, 0.4) is 0 Å². The van der Waals surface area contributed by atoms with E-state index in [1.165, 1.54) is 6.07 Å². The topological polar surface area (TPSA) is 58.1 Å². The minimum absolute atomic E-state index is 0.138. The summed E-state index contributed by atoms with van der Waals surface area (Å²) in [5.74, 6) is -0.441. The second-order valence-electron chi connectivity index (χ2n) is 6.40. The Hall–Kier alpha value is -2.57. The first-order valence-electron chi connectivity index (χ1n) is 8.32. The van der Waals surface area contributed by atoms with Crippen LogP contribution in [0.2, 0.25) is 0 Å². The van der Waals surface area contributed by atoms with Crippen LogP contribution in [0.25, 0.3) is 0 Å². The van der Waals surface area contributed by atoms with Gasteiger partial charge in [0.15, 0.2) is 0 Å². The molecule has 5 nitrogen and oxygen atoms in total. The molecular weight excluding hydrogens is 326 g/mol. The first kappa shape index (κ1) is 17.3. The van der Waals surface area contributed by atoms with Gasteiger partial charge in [0.25, 0.3) is 0 Å². The fourth-order valence-electron chi connectivity index (χ4n) is 2.80. The quantitative estimate of drug-likeness (QED) is 0.924. The predicted octanol–water partition coefficient (Wildman–Crippen LogP) is 3.17. The number of benzene rings is 1. The molecule has 2 heterocycles. The van der Waals surface area contributed by atoms with Gasteiger partial charge in [0.2, 0.25) is 11.9 Å². The first-order valence-corrected chi connectivity index (χ1v) is 8.32. The molecule has 7 heteroatoms. The van der Waals surface area contributed by atoms with Crippen molar-refractivity contribution in [2.45, 2.75) is 26.2 Å². The molecule has 0 unspecified atom stereocenters. The minimum Gasteiger partial charge on any atom is -0.341 e. The standard InChI is InChI=1S/C18H20F2N4O/c1-12-4-6-24(7-5-12)18-21-10-15(11-22-18)23-17(25)8-13-2-3-14(19)9-16(13)20/h2-3,9-12H,4-8H2,1H3,(H,23,25). The zero-order valence-electron chi connectivity index (χ0n) is 14.0. The summed E-state index contributed by atoms with van der Waals surface area (Å²) >= 11 is 0. The average Bonchev–Trinajstić information content (AvgIpc) is 2.59. The number of nitrogens with one attached hydrogen (secondary N) is 1. The summed E-state index contributed by atoms with van der Waals surface area (Å²) in [7, 11) is 0. The number of carbonyl (C=O) groups is 1. The number of carbonyl (C=O) groups excluding carboxylic acids is 1. The molecule has 0 spiro atoms. The number of hydrogen-bond donors (Lipinski definition) is 1. The minimum atomic E-state index is -0.735. The molecule has 0 radical (unpaired) electrons. The van der Waals surface area contributed by atoms with Gasteiger partial charge in [0, 0.05) is 19.2 Å². The summed E-state index contributed by atoms with van der Waals surface area (Å²) in [6.07, 6.45) is 5.13. The molecule has 0 bridgehead atoms. The van der Waals surface area contributed by atoms with Crippen molar-refractivity contribution < 1.29 is 13.6 Å². The SMILES string of the molecule is CC1CCN(c2ncc(NC(=O)Cc3ccc(F)cc3F)cn2)CC1. The van der Waals surface area contributed by atoms with Crippen LogP contribution >= 0.6 is 0 Å². The molecule has 1 amide bonds. The van der Waals surface area contributed by atoms with Crippen LogP contribution in [0, 0.1) is 17.6 Å². The highest BCUT2D eigenvalue weighted by Gasteiger charge is 2.18. The molecule has 1 aromatic carbocycles. The third kappa shape index (κ3) is 4.49. The highest BCUT2D eigenvalue weighted by Crippen LogP contribution is 2.20. The van der Waals surface area contributed by atoms with Gasteiger partial charge in [-0.1, -0.05) is 13.0 Å². The van der Waals surface area contributed by atoms with E-state index in [1.54, 1.807) is 12.4 Å². The summed E-state index contributed by atoms with van der Waals surface area (Å²) in [6.45, 7) is 4.09. The number of piperidine rings is 1. The van der Waals surface area contributed by atoms with Crippen LogP contribution in [-0.4, -0.2) is 29.0 Å². The Labute approximate surface area is 145 Å². The van der Waals surface area contributed by atoms with E-state index in [-0.39, 0.29) is 12.0 Å². The Morgan fingerprint density at radius 1 is 1.24 bits per heavy atom.